The molecule has 0 saturated carbocycles. The number of ether oxygens (including phenoxy) is 1. The predicted molar refractivity (Wildman–Crippen MR) is 110 cm³/mol. The number of allylic oxidation sites excluding steroid dienone is 2. The standard InChI is InChI=1S/C20H22ClNO4S/c1-6-26-19-10-8-15(27(5,24)25)11-17(19)18-12-22(4)20(23)16(14(18)3)9-7-13(2)21/h7-12H,2,6H2,1,3-5H3/b9-7-. The van der Waals surface area contributed by atoms with E-state index in [4.69, 9.17) is 16.3 Å². The van der Waals surface area contributed by atoms with E-state index in [1.54, 1.807) is 44.5 Å². The molecule has 0 aliphatic heterocycles. The Hall–Kier alpha value is -2.31. The Bertz CT molecular complexity index is 1080. The summed E-state index contributed by atoms with van der Waals surface area (Å²) in [5.74, 6) is 0.545. The lowest BCUT2D eigenvalue weighted by Gasteiger charge is -2.16. The summed E-state index contributed by atoms with van der Waals surface area (Å²) in [4.78, 5) is 12.7. The van der Waals surface area contributed by atoms with Gasteiger partial charge in [0.2, 0.25) is 0 Å². The lowest BCUT2D eigenvalue weighted by Crippen LogP contribution is -2.20. The molecule has 27 heavy (non-hydrogen) atoms. The van der Waals surface area contributed by atoms with Gasteiger partial charge in [-0.1, -0.05) is 18.2 Å². The maximum absolute atomic E-state index is 12.5. The van der Waals surface area contributed by atoms with Crippen LogP contribution in [0.25, 0.3) is 17.2 Å². The van der Waals surface area contributed by atoms with Crippen molar-refractivity contribution in [1.29, 1.82) is 0 Å². The lowest BCUT2D eigenvalue weighted by atomic mass is 9.97. The molecule has 0 aliphatic rings. The highest BCUT2D eigenvalue weighted by Crippen LogP contribution is 2.35. The highest BCUT2D eigenvalue weighted by molar-refractivity contribution is 7.90. The molecule has 0 atom stereocenters. The number of sulfone groups is 1. The second kappa shape index (κ2) is 8.15. The molecule has 0 unspecified atom stereocenters. The van der Waals surface area contributed by atoms with Gasteiger partial charge in [0, 0.05) is 41.2 Å². The fraction of sp³-hybridized carbons (Fsp3) is 0.250. The Labute approximate surface area is 164 Å². The van der Waals surface area contributed by atoms with Crippen molar-refractivity contribution in [1.82, 2.24) is 4.57 Å². The van der Waals surface area contributed by atoms with Gasteiger partial charge in [-0.25, -0.2) is 8.42 Å². The molecule has 5 nitrogen and oxygen atoms in total. The van der Waals surface area contributed by atoms with Crippen LogP contribution in [-0.2, 0) is 16.9 Å². The van der Waals surface area contributed by atoms with E-state index in [2.05, 4.69) is 6.58 Å². The summed E-state index contributed by atoms with van der Waals surface area (Å²) in [6.07, 6.45) is 5.98. The Balaban J connectivity index is 2.84. The fourth-order valence-corrected chi connectivity index (χ4v) is 3.43. The van der Waals surface area contributed by atoms with E-state index in [0.717, 1.165) is 6.26 Å². The van der Waals surface area contributed by atoms with Gasteiger partial charge >= 0.3 is 0 Å². The van der Waals surface area contributed by atoms with Crippen LogP contribution in [0.4, 0.5) is 0 Å². The van der Waals surface area contributed by atoms with Crippen LogP contribution in [0.2, 0.25) is 0 Å². The average molecular weight is 408 g/mol. The summed E-state index contributed by atoms with van der Waals surface area (Å²) < 4.78 is 31.1. The highest BCUT2D eigenvalue weighted by Gasteiger charge is 2.17. The first-order chi connectivity index (χ1) is 12.6. The summed E-state index contributed by atoms with van der Waals surface area (Å²) in [6, 6.07) is 4.72. The van der Waals surface area contributed by atoms with Gasteiger partial charge in [-0.05, 0) is 49.8 Å². The third-order valence-electron chi connectivity index (χ3n) is 4.08. The van der Waals surface area contributed by atoms with E-state index >= 15 is 0 Å². The highest BCUT2D eigenvalue weighted by atomic mass is 35.5. The van der Waals surface area contributed by atoms with Crippen molar-refractivity contribution in [2.24, 2.45) is 7.05 Å². The molecule has 1 aromatic carbocycles. The van der Waals surface area contributed by atoms with Crippen LogP contribution in [0.5, 0.6) is 5.75 Å². The first kappa shape index (κ1) is 21.0. The van der Waals surface area contributed by atoms with Crippen molar-refractivity contribution in [3.8, 4) is 16.9 Å². The average Bonchev–Trinajstić information content (AvgIpc) is 2.57. The second-order valence-corrected chi connectivity index (χ2v) is 8.64. The number of pyridine rings is 1. The van der Waals surface area contributed by atoms with Crippen LogP contribution >= 0.6 is 11.6 Å². The minimum Gasteiger partial charge on any atom is -0.493 e. The zero-order valence-electron chi connectivity index (χ0n) is 15.7. The van der Waals surface area contributed by atoms with Crippen molar-refractivity contribution in [2.45, 2.75) is 18.7 Å². The zero-order valence-corrected chi connectivity index (χ0v) is 17.3. The summed E-state index contributed by atoms with van der Waals surface area (Å²) in [5.41, 5.74) is 2.25. The molecular formula is C20H22ClNO4S. The largest absolute Gasteiger partial charge is 0.493 e. The first-order valence-corrected chi connectivity index (χ1v) is 10.5. The van der Waals surface area contributed by atoms with Gasteiger partial charge < -0.3 is 9.30 Å². The van der Waals surface area contributed by atoms with Crippen molar-refractivity contribution < 1.29 is 13.2 Å². The number of hydrogen-bond donors (Lipinski definition) is 0. The Morgan fingerprint density at radius 3 is 2.56 bits per heavy atom. The summed E-state index contributed by atoms with van der Waals surface area (Å²) in [6.45, 7) is 7.67. The van der Waals surface area contributed by atoms with Gasteiger partial charge in [0.05, 0.1) is 11.5 Å². The third kappa shape index (κ3) is 4.70. The van der Waals surface area contributed by atoms with Crippen LogP contribution < -0.4 is 10.3 Å². The second-order valence-electron chi connectivity index (χ2n) is 6.14. The lowest BCUT2D eigenvalue weighted by molar-refractivity contribution is 0.341. The molecule has 0 fully saturated rings. The number of aromatic nitrogens is 1. The number of hydrogen-bond acceptors (Lipinski definition) is 4. The SMILES string of the molecule is C=C(Cl)/C=C\c1c(C)c(-c2cc(S(C)(=O)=O)ccc2OCC)cn(C)c1=O. The van der Waals surface area contributed by atoms with E-state index in [-0.39, 0.29) is 10.5 Å². The number of aryl methyl sites for hydroxylation is 1. The molecule has 0 radical (unpaired) electrons. The molecule has 0 aliphatic carbocycles. The summed E-state index contributed by atoms with van der Waals surface area (Å²) in [5, 5.41) is 0.302. The molecule has 1 heterocycles. The van der Waals surface area contributed by atoms with Gasteiger partial charge in [0.1, 0.15) is 5.75 Å². The monoisotopic (exact) mass is 407 g/mol. The third-order valence-corrected chi connectivity index (χ3v) is 5.32. The number of nitrogens with zero attached hydrogens (tertiary/aromatic N) is 1. The predicted octanol–water partition coefficient (Wildman–Crippen LogP) is 3.93. The molecule has 1 aromatic heterocycles. The molecule has 2 aromatic rings. The molecule has 0 N–H and O–H groups in total. The van der Waals surface area contributed by atoms with E-state index in [1.165, 1.54) is 10.6 Å². The van der Waals surface area contributed by atoms with Crippen LogP contribution in [0.3, 0.4) is 0 Å². The number of benzene rings is 1. The minimum atomic E-state index is -3.39. The van der Waals surface area contributed by atoms with Gasteiger partial charge in [-0.2, -0.15) is 0 Å². The van der Waals surface area contributed by atoms with E-state index < -0.39 is 9.84 Å². The quantitative estimate of drug-likeness (QED) is 0.680. The number of halogens is 1. The van der Waals surface area contributed by atoms with Crippen LogP contribution in [-0.4, -0.2) is 25.8 Å². The molecule has 7 heteroatoms. The molecule has 0 saturated heterocycles. The Morgan fingerprint density at radius 1 is 1.33 bits per heavy atom. The summed E-state index contributed by atoms with van der Waals surface area (Å²) in [7, 11) is -1.76. The number of rotatable bonds is 6. The van der Waals surface area contributed by atoms with Gasteiger partial charge in [-0.3, -0.25) is 4.79 Å². The maximum Gasteiger partial charge on any atom is 0.257 e. The zero-order chi connectivity index (χ0) is 20.4. The van der Waals surface area contributed by atoms with E-state index in [9.17, 15) is 13.2 Å². The Morgan fingerprint density at radius 2 is 2.00 bits per heavy atom. The molecule has 0 amide bonds. The van der Waals surface area contributed by atoms with Crippen molar-refractivity contribution in [2.75, 3.05) is 12.9 Å². The molecule has 0 bridgehead atoms. The van der Waals surface area contributed by atoms with Gasteiger partial charge in [0.25, 0.3) is 5.56 Å². The topological polar surface area (TPSA) is 65.4 Å². The minimum absolute atomic E-state index is 0.181. The molecule has 2 rings (SSSR count). The van der Waals surface area contributed by atoms with Crippen molar-refractivity contribution >= 4 is 27.5 Å². The Kier molecular flexibility index (Phi) is 6.34. The summed E-state index contributed by atoms with van der Waals surface area (Å²) >= 11 is 5.79. The van der Waals surface area contributed by atoms with E-state index in [1.807, 2.05) is 6.92 Å². The fourth-order valence-electron chi connectivity index (χ4n) is 2.72. The van der Waals surface area contributed by atoms with Crippen molar-refractivity contribution in [3.63, 3.8) is 0 Å². The normalized spacial score (nSPS) is 11.7. The van der Waals surface area contributed by atoms with Crippen molar-refractivity contribution in [3.05, 3.63) is 63.6 Å². The van der Waals surface area contributed by atoms with Crippen LogP contribution in [0.15, 0.2) is 51.8 Å². The molecule has 144 valence electrons. The van der Waals surface area contributed by atoms with Gasteiger partial charge in [-0.15, -0.1) is 0 Å². The smallest absolute Gasteiger partial charge is 0.257 e. The maximum atomic E-state index is 12.5. The van der Waals surface area contributed by atoms with Gasteiger partial charge in [0.15, 0.2) is 9.84 Å². The van der Waals surface area contributed by atoms with Crippen LogP contribution in [0.1, 0.15) is 18.1 Å². The first-order valence-electron chi connectivity index (χ1n) is 8.26. The van der Waals surface area contributed by atoms with E-state index in [0.29, 0.717) is 39.6 Å². The van der Waals surface area contributed by atoms with Crippen LogP contribution in [0, 0.1) is 6.92 Å². The molecule has 0 spiro atoms. The molecular weight excluding hydrogens is 386 g/mol.